The van der Waals surface area contributed by atoms with Crippen molar-refractivity contribution in [3.05, 3.63) is 88.6 Å². The number of piperidine rings is 1. The summed E-state index contributed by atoms with van der Waals surface area (Å²) in [5.74, 6) is 3.09. The molecule has 0 radical (unpaired) electrons. The Labute approximate surface area is 251 Å². The highest BCUT2D eigenvalue weighted by Gasteiger charge is 2.41. The number of benzene rings is 2. The van der Waals surface area contributed by atoms with Crippen LogP contribution in [0, 0.1) is 18.8 Å². The Hall–Kier alpha value is -2.96. The van der Waals surface area contributed by atoms with E-state index in [2.05, 4.69) is 72.2 Å². The third kappa shape index (κ3) is 6.65. The number of oxazole rings is 1. The Kier molecular flexibility index (Phi) is 9.11. The lowest BCUT2D eigenvalue weighted by atomic mass is 9.80. The fraction of sp³-hybridized carbons (Fsp3) is 0.556. The van der Waals surface area contributed by atoms with Gasteiger partial charge in [0.05, 0.1) is 5.69 Å². The van der Waals surface area contributed by atoms with E-state index in [9.17, 15) is 9.90 Å². The van der Waals surface area contributed by atoms with E-state index < -0.39 is 5.97 Å². The Balaban J connectivity index is 1.12. The van der Waals surface area contributed by atoms with Crippen LogP contribution in [0.3, 0.4) is 0 Å². The van der Waals surface area contributed by atoms with E-state index in [4.69, 9.17) is 9.40 Å². The minimum Gasteiger partial charge on any atom is -0.480 e. The highest BCUT2D eigenvalue weighted by molar-refractivity contribution is 5.73. The van der Waals surface area contributed by atoms with E-state index in [1.54, 1.807) is 0 Å². The summed E-state index contributed by atoms with van der Waals surface area (Å²) in [6.07, 6.45) is 8.24. The molecule has 3 atom stereocenters. The van der Waals surface area contributed by atoms with Crippen molar-refractivity contribution < 1.29 is 14.3 Å². The molecule has 3 aliphatic rings. The average Bonchev–Trinajstić information content (AvgIpc) is 3.57. The van der Waals surface area contributed by atoms with Crippen molar-refractivity contribution in [1.29, 1.82) is 0 Å². The molecule has 0 amide bonds. The molecule has 3 heterocycles. The Morgan fingerprint density at radius 1 is 1.05 bits per heavy atom. The van der Waals surface area contributed by atoms with Crippen LogP contribution in [0.2, 0.25) is 0 Å². The molecule has 6 heteroatoms. The molecule has 1 saturated carbocycles. The third-order valence-electron chi connectivity index (χ3n) is 10.2. The normalized spacial score (nSPS) is 23.2. The van der Waals surface area contributed by atoms with Crippen LogP contribution in [-0.4, -0.2) is 64.6 Å². The van der Waals surface area contributed by atoms with Gasteiger partial charge in [-0.3, -0.25) is 9.69 Å². The van der Waals surface area contributed by atoms with Crippen molar-refractivity contribution in [1.82, 2.24) is 14.8 Å². The van der Waals surface area contributed by atoms with Gasteiger partial charge in [-0.15, -0.1) is 0 Å². The van der Waals surface area contributed by atoms with Crippen molar-refractivity contribution >= 4 is 5.97 Å². The highest BCUT2D eigenvalue weighted by Crippen LogP contribution is 2.39. The molecule has 1 aliphatic carbocycles. The van der Waals surface area contributed by atoms with Crippen LogP contribution in [0.5, 0.6) is 0 Å². The molecule has 0 bridgehead atoms. The molecule has 3 aromatic rings. The number of nitrogens with zero attached hydrogens (tertiary/aromatic N) is 3. The quantitative estimate of drug-likeness (QED) is 0.278. The number of rotatable bonds is 11. The number of aliphatic carboxylic acids is 1. The molecule has 2 aromatic carbocycles. The monoisotopic (exact) mass is 569 g/mol. The summed E-state index contributed by atoms with van der Waals surface area (Å²) >= 11 is 0. The minimum absolute atomic E-state index is 0.359. The minimum atomic E-state index is -0.642. The second kappa shape index (κ2) is 13.1. The third-order valence-corrected chi connectivity index (χ3v) is 10.2. The van der Waals surface area contributed by atoms with Gasteiger partial charge in [0, 0.05) is 37.9 Å². The van der Waals surface area contributed by atoms with Gasteiger partial charge < -0.3 is 14.4 Å². The van der Waals surface area contributed by atoms with Gasteiger partial charge in [-0.25, -0.2) is 4.98 Å². The summed E-state index contributed by atoms with van der Waals surface area (Å²) in [4.78, 5) is 22.2. The zero-order chi connectivity index (χ0) is 29.1. The van der Waals surface area contributed by atoms with Gasteiger partial charge in [-0.2, -0.15) is 0 Å². The van der Waals surface area contributed by atoms with E-state index in [1.165, 1.54) is 36.0 Å². The molecule has 0 spiro atoms. The van der Waals surface area contributed by atoms with Crippen LogP contribution in [-0.2, 0) is 17.6 Å². The number of hydrogen-bond acceptors (Lipinski definition) is 5. The topological polar surface area (TPSA) is 69.8 Å². The zero-order valence-corrected chi connectivity index (χ0v) is 25.4. The van der Waals surface area contributed by atoms with Crippen LogP contribution < -0.4 is 0 Å². The maximum atomic E-state index is 12.4. The summed E-state index contributed by atoms with van der Waals surface area (Å²) in [5, 5.41) is 10.2. The van der Waals surface area contributed by atoms with Gasteiger partial charge in [0.25, 0.3) is 0 Å². The molecule has 6 nitrogen and oxygen atoms in total. The Morgan fingerprint density at radius 2 is 1.83 bits per heavy atom. The average molecular weight is 570 g/mol. The van der Waals surface area contributed by atoms with Gasteiger partial charge >= 0.3 is 5.97 Å². The van der Waals surface area contributed by atoms with Crippen LogP contribution in [0.4, 0.5) is 0 Å². The fourth-order valence-electron chi connectivity index (χ4n) is 7.61. The molecular weight excluding hydrogens is 522 g/mol. The maximum absolute atomic E-state index is 12.4. The molecule has 6 rings (SSSR count). The van der Waals surface area contributed by atoms with Crippen molar-refractivity contribution in [2.45, 2.75) is 83.1 Å². The lowest BCUT2D eigenvalue weighted by Crippen LogP contribution is -2.43. The first-order valence-corrected chi connectivity index (χ1v) is 16.2. The van der Waals surface area contributed by atoms with E-state index in [0.717, 1.165) is 82.2 Å². The first-order valence-electron chi connectivity index (χ1n) is 16.2. The molecule has 1 N–H and O–H groups in total. The van der Waals surface area contributed by atoms with Gasteiger partial charge in [-0.1, -0.05) is 86.3 Å². The molecule has 42 heavy (non-hydrogen) atoms. The molecule has 3 unspecified atom stereocenters. The molecule has 2 saturated heterocycles. The first-order chi connectivity index (χ1) is 20.5. The number of likely N-dealkylation sites (tertiary alicyclic amines) is 2. The van der Waals surface area contributed by atoms with Crippen LogP contribution in [0.15, 0.2) is 59.0 Å². The predicted molar refractivity (Wildman–Crippen MR) is 166 cm³/mol. The smallest absolute Gasteiger partial charge is 0.320 e. The number of hydrogen-bond donors (Lipinski definition) is 1. The fourth-order valence-corrected chi connectivity index (χ4v) is 7.61. The number of aryl methyl sites for hydroxylation is 2. The second-order valence-electron chi connectivity index (χ2n) is 13.1. The Bertz CT molecular complexity index is 1330. The Morgan fingerprint density at radius 3 is 2.50 bits per heavy atom. The molecular formula is C36H47N3O3. The summed E-state index contributed by atoms with van der Waals surface area (Å²) in [7, 11) is 0. The molecule has 1 aromatic heterocycles. The van der Waals surface area contributed by atoms with Gasteiger partial charge in [0.15, 0.2) is 5.89 Å². The molecule has 3 fully saturated rings. The van der Waals surface area contributed by atoms with Crippen molar-refractivity contribution in [2.24, 2.45) is 11.8 Å². The van der Waals surface area contributed by atoms with Gasteiger partial charge in [-0.05, 0) is 68.7 Å². The molecule has 224 valence electrons. The summed E-state index contributed by atoms with van der Waals surface area (Å²) < 4.78 is 6.42. The van der Waals surface area contributed by atoms with Crippen molar-refractivity contribution in [3.63, 3.8) is 0 Å². The van der Waals surface area contributed by atoms with Crippen LogP contribution in [0.25, 0.3) is 0 Å². The summed E-state index contributed by atoms with van der Waals surface area (Å²) in [6.45, 7) is 9.16. The number of carboxylic acids is 1. The lowest BCUT2D eigenvalue weighted by Gasteiger charge is -2.34. The number of carbonyl (C=O) groups is 1. The maximum Gasteiger partial charge on any atom is 0.320 e. The number of aromatic nitrogens is 1. The number of carboxylic acid groups (broad SMARTS) is 1. The van der Waals surface area contributed by atoms with Crippen LogP contribution >= 0.6 is 0 Å². The van der Waals surface area contributed by atoms with Gasteiger partial charge in [0.2, 0.25) is 0 Å². The van der Waals surface area contributed by atoms with E-state index in [1.807, 2.05) is 6.07 Å². The predicted octanol–water partition coefficient (Wildman–Crippen LogP) is 6.67. The largest absolute Gasteiger partial charge is 0.480 e. The van der Waals surface area contributed by atoms with E-state index >= 15 is 0 Å². The SMILES string of the molecule is CCc1nc(Cc2ccccc2)oc1C1CCN(CC2CN(C(CC3CCC3)C(=O)O)CC2c2cccc(C)c2)CC1. The van der Waals surface area contributed by atoms with E-state index in [-0.39, 0.29) is 6.04 Å². The standard InChI is InChI=1S/C36H47N3O3/c1-3-32-35(42-34(37-32)21-27-10-5-4-6-11-27)28-15-17-38(18-16-28)22-30-23-39(33(36(40)41)20-26-12-8-13-26)24-31(30)29-14-7-9-25(2)19-29/h4-7,9-11,14,19,26,28,30-31,33H,3,8,12-13,15-18,20-24H2,1-2H3,(H,40,41). The van der Waals surface area contributed by atoms with Crippen LogP contribution in [0.1, 0.15) is 91.3 Å². The van der Waals surface area contributed by atoms with Gasteiger partial charge in [0.1, 0.15) is 11.8 Å². The van der Waals surface area contributed by atoms with E-state index in [0.29, 0.717) is 23.7 Å². The molecule has 2 aliphatic heterocycles. The van der Waals surface area contributed by atoms with Crippen molar-refractivity contribution in [3.8, 4) is 0 Å². The summed E-state index contributed by atoms with van der Waals surface area (Å²) in [6, 6.07) is 19.0. The zero-order valence-electron chi connectivity index (χ0n) is 25.4. The second-order valence-corrected chi connectivity index (χ2v) is 13.1. The summed E-state index contributed by atoms with van der Waals surface area (Å²) in [5.41, 5.74) is 5.00. The first kappa shape index (κ1) is 29.1. The lowest BCUT2D eigenvalue weighted by molar-refractivity contribution is -0.144. The highest BCUT2D eigenvalue weighted by atomic mass is 16.4. The van der Waals surface area contributed by atoms with Crippen molar-refractivity contribution in [2.75, 3.05) is 32.7 Å².